The van der Waals surface area contributed by atoms with E-state index >= 15 is 0 Å². The molecule has 2 heterocycles. The largest absolute Gasteiger partial charge is 0.497 e. The average Bonchev–Trinajstić information content (AvgIpc) is 2.90. The maximum absolute atomic E-state index is 13.7. The van der Waals surface area contributed by atoms with Gasteiger partial charge in [-0.1, -0.05) is 12.1 Å². The first-order valence-electron chi connectivity index (χ1n) is 11.7. The van der Waals surface area contributed by atoms with Gasteiger partial charge in [0.05, 0.1) is 46.5 Å². The molecule has 0 radical (unpaired) electrons. The van der Waals surface area contributed by atoms with Crippen molar-refractivity contribution in [1.82, 2.24) is 15.1 Å². The Morgan fingerprint density at radius 2 is 1.69 bits per heavy atom. The number of methoxy groups -OCH3 is 3. The normalized spacial score (nSPS) is 20.2. The summed E-state index contributed by atoms with van der Waals surface area (Å²) in [4.78, 5) is 31.1. The third kappa shape index (κ3) is 5.06. The molecule has 2 aliphatic rings. The molecule has 4 rings (SSSR count). The number of amides is 2. The summed E-state index contributed by atoms with van der Waals surface area (Å²) in [5.74, 6) is 0.666. The zero-order valence-electron chi connectivity index (χ0n) is 20.7. The molecule has 1 fully saturated rings. The van der Waals surface area contributed by atoms with Gasteiger partial charge in [-0.2, -0.15) is 0 Å². The van der Waals surface area contributed by atoms with E-state index in [0.717, 1.165) is 25.2 Å². The van der Waals surface area contributed by atoms with E-state index in [1.54, 1.807) is 38.3 Å². The fraction of sp³-hybridized carbons (Fsp3) is 0.462. The first kappa shape index (κ1) is 24.8. The zero-order valence-corrected chi connectivity index (χ0v) is 20.7. The lowest BCUT2D eigenvalue weighted by Crippen LogP contribution is -2.47. The molecule has 9 nitrogen and oxygen atoms in total. The molecule has 2 aliphatic heterocycles. The van der Waals surface area contributed by atoms with Crippen LogP contribution in [0, 0.1) is 0 Å². The number of hydrogen-bond donors (Lipinski definition) is 1. The molecule has 188 valence electrons. The number of rotatable bonds is 8. The lowest BCUT2D eigenvalue weighted by atomic mass is 9.79. The van der Waals surface area contributed by atoms with Crippen molar-refractivity contribution in [2.24, 2.45) is 0 Å². The van der Waals surface area contributed by atoms with Crippen molar-refractivity contribution in [3.63, 3.8) is 0 Å². The summed E-state index contributed by atoms with van der Waals surface area (Å²) in [7, 11) is 6.40. The van der Waals surface area contributed by atoms with Crippen LogP contribution in [0.3, 0.4) is 0 Å². The van der Waals surface area contributed by atoms with Gasteiger partial charge >= 0.3 is 0 Å². The quantitative estimate of drug-likeness (QED) is 0.615. The molecule has 0 aliphatic carbocycles. The molecular formula is C26H33N3O6. The van der Waals surface area contributed by atoms with Crippen LogP contribution in [0.25, 0.3) is 0 Å². The summed E-state index contributed by atoms with van der Waals surface area (Å²) in [6.45, 7) is 4.36. The van der Waals surface area contributed by atoms with Crippen molar-refractivity contribution in [3.8, 4) is 17.2 Å². The Labute approximate surface area is 205 Å². The highest BCUT2D eigenvalue weighted by Gasteiger charge is 2.43. The first-order valence-corrected chi connectivity index (χ1v) is 11.7. The first-order chi connectivity index (χ1) is 17.0. The summed E-state index contributed by atoms with van der Waals surface area (Å²) < 4.78 is 21.6. The summed E-state index contributed by atoms with van der Waals surface area (Å²) in [5, 5.41) is 3.11. The second-order valence-corrected chi connectivity index (χ2v) is 8.65. The summed E-state index contributed by atoms with van der Waals surface area (Å²) >= 11 is 0. The van der Waals surface area contributed by atoms with Gasteiger partial charge in [-0.25, -0.2) is 0 Å². The highest BCUT2D eigenvalue weighted by atomic mass is 16.5. The van der Waals surface area contributed by atoms with Gasteiger partial charge in [0, 0.05) is 38.8 Å². The van der Waals surface area contributed by atoms with Gasteiger partial charge in [0.1, 0.15) is 5.75 Å². The molecular weight excluding hydrogens is 450 g/mol. The molecule has 35 heavy (non-hydrogen) atoms. The maximum atomic E-state index is 13.7. The van der Waals surface area contributed by atoms with Crippen molar-refractivity contribution >= 4 is 11.8 Å². The van der Waals surface area contributed by atoms with E-state index in [0.29, 0.717) is 48.1 Å². The average molecular weight is 484 g/mol. The van der Waals surface area contributed by atoms with Gasteiger partial charge in [-0.15, -0.1) is 0 Å². The van der Waals surface area contributed by atoms with Gasteiger partial charge in [0.15, 0.2) is 11.5 Å². The van der Waals surface area contributed by atoms with Crippen LogP contribution < -0.4 is 19.5 Å². The number of ether oxygens (including phenoxy) is 4. The van der Waals surface area contributed by atoms with Crippen LogP contribution in [0.5, 0.6) is 17.2 Å². The fourth-order valence-corrected chi connectivity index (χ4v) is 4.82. The number of carbonyl (C=O) groups excluding carboxylic acids is 2. The summed E-state index contributed by atoms with van der Waals surface area (Å²) in [6, 6.07) is 10.4. The minimum Gasteiger partial charge on any atom is -0.497 e. The minimum absolute atomic E-state index is 0.146. The molecule has 0 bridgehead atoms. The Hall–Kier alpha value is -3.30. The number of carbonyl (C=O) groups is 2. The number of nitrogens with one attached hydrogen (secondary N) is 1. The summed E-state index contributed by atoms with van der Waals surface area (Å²) in [6.07, 6.45) is 0. The molecule has 9 heteroatoms. The van der Waals surface area contributed by atoms with Gasteiger partial charge in [-0.3, -0.25) is 14.5 Å². The smallest absolute Gasteiger partial charge is 0.254 e. The second kappa shape index (κ2) is 11.0. The highest BCUT2D eigenvalue weighted by Crippen LogP contribution is 2.45. The number of benzene rings is 2. The number of morpholine rings is 1. The van der Waals surface area contributed by atoms with E-state index < -0.39 is 12.0 Å². The third-order valence-electron chi connectivity index (χ3n) is 6.75. The number of hydrogen-bond acceptors (Lipinski definition) is 7. The Kier molecular flexibility index (Phi) is 7.77. The summed E-state index contributed by atoms with van der Waals surface area (Å²) in [5.41, 5.74) is 1.90. The Balaban J connectivity index is 1.70. The van der Waals surface area contributed by atoms with E-state index in [4.69, 9.17) is 18.9 Å². The van der Waals surface area contributed by atoms with Crippen LogP contribution >= 0.6 is 0 Å². The fourth-order valence-electron chi connectivity index (χ4n) is 4.82. The molecule has 2 aromatic carbocycles. The van der Waals surface area contributed by atoms with Crippen molar-refractivity contribution in [3.05, 3.63) is 53.1 Å². The second-order valence-electron chi connectivity index (χ2n) is 8.65. The molecule has 2 atom stereocenters. The van der Waals surface area contributed by atoms with Crippen LogP contribution in [0.4, 0.5) is 0 Å². The molecule has 0 unspecified atom stereocenters. The van der Waals surface area contributed by atoms with E-state index in [1.807, 2.05) is 24.3 Å². The topological polar surface area (TPSA) is 89.6 Å². The Morgan fingerprint density at radius 3 is 2.31 bits per heavy atom. The molecule has 1 saturated heterocycles. The molecule has 2 amide bonds. The highest BCUT2D eigenvalue weighted by molar-refractivity contribution is 6.02. The predicted octanol–water partition coefficient (Wildman–Crippen LogP) is 2.07. The minimum atomic E-state index is -0.634. The van der Waals surface area contributed by atoms with Crippen molar-refractivity contribution in [2.75, 3.05) is 67.8 Å². The molecule has 2 aromatic rings. The zero-order chi connectivity index (χ0) is 24.9. The van der Waals surface area contributed by atoms with Crippen LogP contribution in [-0.2, 0) is 9.53 Å². The monoisotopic (exact) mass is 483 g/mol. The standard InChI is InChI=1S/C26H33N3O6/c1-28-24(17-5-7-18(32-2)8-6-17)23(25(30)27-9-10-29-11-13-35-14-12-29)19-15-21(33-3)22(34-4)16-20(19)26(28)31/h5-8,15-16,23-24H,9-14H2,1-4H3,(H,27,30)/t23-,24+/m0/s1. The Bertz CT molecular complexity index is 1050. The van der Waals surface area contributed by atoms with Crippen LogP contribution in [0.2, 0.25) is 0 Å². The number of nitrogens with zero attached hydrogens (tertiary/aromatic N) is 2. The lowest BCUT2D eigenvalue weighted by molar-refractivity contribution is -0.124. The Morgan fingerprint density at radius 1 is 1.03 bits per heavy atom. The predicted molar refractivity (Wildman–Crippen MR) is 130 cm³/mol. The third-order valence-corrected chi connectivity index (χ3v) is 6.75. The van der Waals surface area contributed by atoms with Crippen LogP contribution in [-0.4, -0.2) is 89.4 Å². The van der Waals surface area contributed by atoms with Gasteiger partial charge in [0.2, 0.25) is 5.91 Å². The van der Waals surface area contributed by atoms with E-state index in [2.05, 4.69) is 10.2 Å². The number of fused-ring (bicyclic) bond motifs is 1. The molecule has 0 spiro atoms. The molecule has 0 saturated carbocycles. The van der Waals surface area contributed by atoms with E-state index in [1.165, 1.54) is 7.11 Å². The van der Waals surface area contributed by atoms with E-state index in [-0.39, 0.29) is 11.8 Å². The van der Waals surface area contributed by atoms with E-state index in [9.17, 15) is 9.59 Å². The van der Waals surface area contributed by atoms with Gasteiger partial charge in [-0.05, 0) is 35.4 Å². The van der Waals surface area contributed by atoms with Crippen molar-refractivity contribution < 1.29 is 28.5 Å². The van der Waals surface area contributed by atoms with Gasteiger partial charge < -0.3 is 29.2 Å². The molecule has 0 aromatic heterocycles. The SMILES string of the molecule is COc1ccc([C@@H]2[C@@H](C(=O)NCCN3CCOCC3)c3cc(OC)c(OC)cc3C(=O)N2C)cc1. The lowest BCUT2D eigenvalue weighted by Gasteiger charge is -2.40. The van der Waals surface area contributed by atoms with Crippen molar-refractivity contribution in [2.45, 2.75) is 12.0 Å². The van der Waals surface area contributed by atoms with Crippen molar-refractivity contribution in [1.29, 1.82) is 0 Å². The van der Waals surface area contributed by atoms with Crippen LogP contribution in [0.15, 0.2) is 36.4 Å². The van der Waals surface area contributed by atoms with Crippen LogP contribution in [0.1, 0.15) is 33.4 Å². The number of likely N-dealkylation sites (N-methyl/N-ethyl adjacent to an activating group) is 1. The molecule has 1 N–H and O–H groups in total. The maximum Gasteiger partial charge on any atom is 0.254 e. The van der Waals surface area contributed by atoms with Gasteiger partial charge in [0.25, 0.3) is 5.91 Å².